The maximum absolute atomic E-state index is 12.6. The second-order valence-corrected chi connectivity index (χ2v) is 8.21. The molecule has 3 rings (SSSR count). The van der Waals surface area contributed by atoms with Crippen LogP contribution in [0.15, 0.2) is 30.5 Å². The molecule has 0 bridgehead atoms. The Bertz CT molecular complexity index is 843. The molecule has 29 heavy (non-hydrogen) atoms. The lowest BCUT2D eigenvalue weighted by atomic mass is 9.91. The highest BCUT2D eigenvalue weighted by atomic mass is 16.1. The number of carbonyl (C=O) groups is 1. The van der Waals surface area contributed by atoms with Crippen molar-refractivity contribution in [3.8, 4) is 0 Å². The van der Waals surface area contributed by atoms with Crippen LogP contribution in [0.2, 0.25) is 0 Å². The summed E-state index contributed by atoms with van der Waals surface area (Å²) in [5.74, 6) is 1.61. The molecule has 0 atom stereocenters. The number of amides is 1. The van der Waals surface area contributed by atoms with Crippen molar-refractivity contribution in [1.29, 1.82) is 0 Å². The molecule has 1 aromatic heterocycles. The van der Waals surface area contributed by atoms with E-state index >= 15 is 0 Å². The molecule has 0 saturated heterocycles. The van der Waals surface area contributed by atoms with Crippen molar-refractivity contribution in [2.75, 3.05) is 43.3 Å². The molecule has 2 N–H and O–H groups in total. The van der Waals surface area contributed by atoms with Crippen molar-refractivity contribution in [2.24, 2.45) is 0 Å². The minimum Gasteiger partial charge on any atom is -0.378 e. The highest BCUT2D eigenvalue weighted by molar-refractivity contribution is 5.95. The maximum atomic E-state index is 12.6. The Labute approximate surface area is 173 Å². The van der Waals surface area contributed by atoms with Crippen molar-refractivity contribution < 1.29 is 4.79 Å². The number of anilines is 3. The third kappa shape index (κ3) is 5.37. The summed E-state index contributed by atoms with van der Waals surface area (Å²) in [6.45, 7) is 2.02. The van der Waals surface area contributed by atoms with Crippen molar-refractivity contribution in [2.45, 2.75) is 44.7 Å². The third-order valence-electron chi connectivity index (χ3n) is 5.39. The van der Waals surface area contributed by atoms with Crippen LogP contribution in [0.5, 0.6) is 0 Å². The quantitative estimate of drug-likeness (QED) is 0.782. The summed E-state index contributed by atoms with van der Waals surface area (Å²) >= 11 is 0. The molecule has 0 spiro atoms. The Morgan fingerprint density at radius 2 is 1.72 bits per heavy atom. The van der Waals surface area contributed by atoms with Gasteiger partial charge in [0.25, 0.3) is 5.91 Å². The fourth-order valence-corrected chi connectivity index (χ4v) is 3.71. The summed E-state index contributed by atoms with van der Waals surface area (Å²) in [5.41, 5.74) is 2.80. The van der Waals surface area contributed by atoms with E-state index in [1.807, 2.05) is 75.4 Å². The van der Waals surface area contributed by atoms with Crippen LogP contribution < -0.4 is 20.4 Å². The Hall–Kier alpha value is -2.83. The Kier molecular flexibility index (Phi) is 6.56. The first-order chi connectivity index (χ1) is 13.8. The molecule has 0 radical (unpaired) electrons. The van der Waals surface area contributed by atoms with E-state index in [2.05, 4.69) is 20.6 Å². The second-order valence-electron chi connectivity index (χ2n) is 8.21. The summed E-state index contributed by atoms with van der Waals surface area (Å²) in [7, 11) is 7.93. The average molecular weight is 397 g/mol. The molecule has 1 aliphatic rings. The van der Waals surface area contributed by atoms with E-state index in [1.54, 1.807) is 0 Å². The minimum atomic E-state index is 0.00241. The zero-order valence-corrected chi connectivity index (χ0v) is 18.1. The van der Waals surface area contributed by atoms with Crippen LogP contribution in [0.25, 0.3) is 0 Å². The van der Waals surface area contributed by atoms with E-state index in [0.29, 0.717) is 17.6 Å². The molecule has 1 heterocycles. The highest BCUT2D eigenvalue weighted by Gasteiger charge is 2.23. The molecule has 7 heteroatoms. The molecule has 1 fully saturated rings. The van der Waals surface area contributed by atoms with Gasteiger partial charge in [0.2, 0.25) is 5.95 Å². The molecule has 1 amide bonds. The summed E-state index contributed by atoms with van der Waals surface area (Å²) in [6.07, 6.45) is 5.72. The summed E-state index contributed by atoms with van der Waals surface area (Å²) in [6, 6.07) is 8.27. The molecular formula is C22H32N6O. The van der Waals surface area contributed by atoms with Gasteiger partial charge in [-0.15, -0.1) is 0 Å². The Morgan fingerprint density at radius 1 is 1.03 bits per heavy atom. The Morgan fingerprint density at radius 3 is 2.38 bits per heavy atom. The SMILES string of the molecule is Cc1cnc(N[C@H]2CC[C@@H](NC(=O)c3cccc(N(C)C)c3)CC2)nc1N(C)C. The number of aryl methyl sites for hydroxylation is 1. The monoisotopic (exact) mass is 396 g/mol. The van der Waals surface area contributed by atoms with E-state index < -0.39 is 0 Å². The van der Waals surface area contributed by atoms with Gasteiger partial charge in [0.1, 0.15) is 5.82 Å². The zero-order chi connectivity index (χ0) is 21.0. The summed E-state index contributed by atoms with van der Waals surface area (Å²) in [5, 5.41) is 6.66. The average Bonchev–Trinajstić information content (AvgIpc) is 2.70. The van der Waals surface area contributed by atoms with Crippen LogP contribution in [-0.4, -0.2) is 56.1 Å². The molecule has 7 nitrogen and oxygen atoms in total. The van der Waals surface area contributed by atoms with Crippen LogP contribution in [-0.2, 0) is 0 Å². The molecule has 2 aromatic rings. The predicted octanol–water partition coefficient (Wildman–Crippen LogP) is 3.07. The van der Waals surface area contributed by atoms with Crippen molar-refractivity contribution in [3.63, 3.8) is 0 Å². The largest absolute Gasteiger partial charge is 0.378 e. The normalized spacial score (nSPS) is 18.8. The number of nitrogens with one attached hydrogen (secondary N) is 2. The molecule has 0 aliphatic heterocycles. The van der Waals surface area contributed by atoms with Crippen LogP contribution in [0, 0.1) is 6.92 Å². The topological polar surface area (TPSA) is 73.4 Å². The van der Waals surface area contributed by atoms with E-state index in [9.17, 15) is 4.79 Å². The van der Waals surface area contributed by atoms with Crippen LogP contribution >= 0.6 is 0 Å². The van der Waals surface area contributed by atoms with Crippen molar-refractivity contribution >= 4 is 23.4 Å². The fraction of sp³-hybridized carbons (Fsp3) is 0.500. The van der Waals surface area contributed by atoms with Gasteiger partial charge < -0.3 is 20.4 Å². The smallest absolute Gasteiger partial charge is 0.251 e. The van der Waals surface area contributed by atoms with Crippen LogP contribution in [0.3, 0.4) is 0 Å². The van der Waals surface area contributed by atoms with Gasteiger partial charge in [-0.2, -0.15) is 4.98 Å². The molecule has 1 saturated carbocycles. The predicted molar refractivity (Wildman–Crippen MR) is 119 cm³/mol. The zero-order valence-electron chi connectivity index (χ0n) is 18.1. The lowest BCUT2D eigenvalue weighted by molar-refractivity contribution is 0.0926. The van der Waals surface area contributed by atoms with E-state index in [0.717, 1.165) is 42.8 Å². The van der Waals surface area contributed by atoms with Crippen LogP contribution in [0.4, 0.5) is 17.5 Å². The number of aromatic nitrogens is 2. The van der Waals surface area contributed by atoms with Gasteiger partial charge in [-0.3, -0.25) is 4.79 Å². The fourth-order valence-electron chi connectivity index (χ4n) is 3.71. The summed E-state index contributed by atoms with van der Waals surface area (Å²) in [4.78, 5) is 25.7. The van der Waals surface area contributed by atoms with Gasteiger partial charge >= 0.3 is 0 Å². The second kappa shape index (κ2) is 9.11. The van der Waals surface area contributed by atoms with Crippen LogP contribution in [0.1, 0.15) is 41.6 Å². The number of benzene rings is 1. The van der Waals surface area contributed by atoms with Gasteiger partial charge in [0, 0.05) is 63.3 Å². The standard InChI is InChI=1S/C22H32N6O/c1-15-14-23-22(26-20(15)28(4)5)25-18-11-9-17(10-12-18)24-21(29)16-7-6-8-19(13-16)27(2)3/h6-8,13-14,17-18H,9-12H2,1-5H3,(H,24,29)(H,23,25,26)/t17-,18+. The highest BCUT2D eigenvalue weighted by Crippen LogP contribution is 2.23. The maximum Gasteiger partial charge on any atom is 0.251 e. The van der Waals surface area contributed by atoms with E-state index in [4.69, 9.17) is 0 Å². The van der Waals surface area contributed by atoms with E-state index in [1.165, 1.54) is 0 Å². The van der Waals surface area contributed by atoms with Gasteiger partial charge in [-0.1, -0.05) is 6.07 Å². The van der Waals surface area contributed by atoms with Crippen molar-refractivity contribution in [3.05, 3.63) is 41.6 Å². The molecule has 1 aliphatic carbocycles. The van der Waals surface area contributed by atoms with E-state index in [-0.39, 0.29) is 11.9 Å². The Balaban J connectivity index is 1.52. The van der Waals surface area contributed by atoms with Gasteiger partial charge in [0.05, 0.1) is 0 Å². The van der Waals surface area contributed by atoms with Gasteiger partial charge in [-0.05, 0) is 50.8 Å². The first-order valence-electron chi connectivity index (χ1n) is 10.2. The molecule has 156 valence electrons. The lowest BCUT2D eigenvalue weighted by Crippen LogP contribution is -2.40. The summed E-state index contributed by atoms with van der Waals surface area (Å²) < 4.78 is 0. The molecule has 0 unspecified atom stereocenters. The minimum absolute atomic E-state index is 0.00241. The number of nitrogens with zero attached hydrogens (tertiary/aromatic N) is 4. The number of hydrogen-bond donors (Lipinski definition) is 2. The van der Waals surface area contributed by atoms with Crippen molar-refractivity contribution in [1.82, 2.24) is 15.3 Å². The number of hydrogen-bond acceptors (Lipinski definition) is 6. The number of carbonyl (C=O) groups excluding carboxylic acids is 1. The lowest BCUT2D eigenvalue weighted by Gasteiger charge is -2.30. The molecule has 1 aromatic carbocycles. The number of rotatable bonds is 6. The van der Waals surface area contributed by atoms with Gasteiger partial charge in [-0.25, -0.2) is 4.98 Å². The molecular weight excluding hydrogens is 364 g/mol. The third-order valence-corrected chi connectivity index (χ3v) is 5.39. The van der Waals surface area contributed by atoms with Gasteiger partial charge in [0.15, 0.2) is 0 Å². The first-order valence-corrected chi connectivity index (χ1v) is 10.2. The first kappa shape index (κ1) is 20.9.